The lowest BCUT2D eigenvalue weighted by Crippen LogP contribution is -2.25. The minimum absolute atomic E-state index is 0.0867. The zero-order chi connectivity index (χ0) is 25.1. The molecular weight excluding hydrogens is 479 g/mol. The number of hydrogen-bond acceptors (Lipinski definition) is 7. The van der Waals surface area contributed by atoms with Crippen LogP contribution in [0.4, 0.5) is 5.82 Å². The van der Waals surface area contributed by atoms with E-state index in [1.807, 2.05) is 13.8 Å². The van der Waals surface area contributed by atoms with Gasteiger partial charge in [-0.15, -0.1) is 0 Å². The third-order valence-electron chi connectivity index (χ3n) is 4.76. The monoisotopic (exact) mass is 506 g/mol. The third-order valence-corrected chi connectivity index (χ3v) is 7.11. The van der Waals surface area contributed by atoms with Crippen LogP contribution in [0.2, 0.25) is 0 Å². The molecule has 1 aliphatic rings. The van der Waals surface area contributed by atoms with Gasteiger partial charge in [0.2, 0.25) is 7.37 Å². The highest BCUT2D eigenvalue weighted by Crippen LogP contribution is 2.33. The molecule has 1 heterocycles. The fraction of sp³-hybridized carbons (Fsp3) is 0.304. The fourth-order valence-electron chi connectivity index (χ4n) is 3.19. The van der Waals surface area contributed by atoms with E-state index in [9.17, 15) is 22.7 Å². The number of benzene rings is 1. The van der Waals surface area contributed by atoms with Gasteiger partial charge in [-0.1, -0.05) is 0 Å². The molecule has 2 atom stereocenters. The normalized spacial score (nSPS) is 18.0. The molecule has 2 aromatic rings. The van der Waals surface area contributed by atoms with Crippen LogP contribution in [0.1, 0.15) is 20.3 Å². The lowest BCUT2D eigenvalue weighted by molar-refractivity contribution is -0.112. The summed E-state index contributed by atoms with van der Waals surface area (Å²) in [5.41, 5.74) is 0.300. The molecule has 182 valence electrons. The van der Waals surface area contributed by atoms with Crippen LogP contribution < -0.4 is 15.4 Å². The molecular formula is C23H27N2O7PS. The molecule has 3 rings (SSSR count). The van der Waals surface area contributed by atoms with Crippen molar-refractivity contribution in [1.82, 2.24) is 4.98 Å². The maximum Gasteiger partial charge on any atom is 0.256 e. The molecule has 34 heavy (non-hydrogen) atoms. The molecule has 1 aromatic heterocycles. The second-order valence-electron chi connectivity index (χ2n) is 8.24. The number of ether oxygens (including phenoxy) is 2. The number of anilines is 1. The molecule has 0 aliphatic heterocycles. The summed E-state index contributed by atoms with van der Waals surface area (Å²) in [6.07, 6.45) is 5.55. The summed E-state index contributed by atoms with van der Waals surface area (Å²) in [6, 6.07) is 8.90. The summed E-state index contributed by atoms with van der Waals surface area (Å²) >= 11 is 0. The van der Waals surface area contributed by atoms with Crippen molar-refractivity contribution in [1.29, 1.82) is 0 Å². The van der Waals surface area contributed by atoms with Crippen LogP contribution >= 0.6 is 7.37 Å². The summed E-state index contributed by atoms with van der Waals surface area (Å²) in [5.74, 6) is 0.673. The van der Waals surface area contributed by atoms with E-state index in [2.05, 4.69) is 10.3 Å². The van der Waals surface area contributed by atoms with Gasteiger partial charge in [0.25, 0.3) is 5.91 Å². The van der Waals surface area contributed by atoms with Crippen LogP contribution in [0.15, 0.2) is 71.0 Å². The Morgan fingerprint density at radius 1 is 1.21 bits per heavy atom. The molecule has 1 aromatic carbocycles. The van der Waals surface area contributed by atoms with E-state index in [1.54, 1.807) is 24.3 Å². The quantitative estimate of drug-likeness (QED) is 0.522. The maximum atomic E-state index is 12.9. The van der Waals surface area contributed by atoms with Gasteiger partial charge >= 0.3 is 0 Å². The number of amides is 1. The number of nitrogens with one attached hydrogen (secondary N) is 1. The molecule has 0 radical (unpaired) electrons. The second-order valence-corrected chi connectivity index (χ2v) is 12.5. The molecule has 0 saturated carbocycles. The summed E-state index contributed by atoms with van der Waals surface area (Å²) in [4.78, 5) is 26.7. The molecule has 2 N–H and O–H groups in total. The molecule has 11 heteroatoms. The van der Waals surface area contributed by atoms with E-state index in [1.165, 1.54) is 37.1 Å². The fourth-order valence-corrected chi connectivity index (χ4v) is 4.44. The van der Waals surface area contributed by atoms with Gasteiger partial charge in [-0.2, -0.15) is 0 Å². The van der Waals surface area contributed by atoms with Gasteiger partial charge in [0, 0.05) is 31.1 Å². The SMILES string of the molecule is CC(C)OC1C=C(C(=O)Nc2ccc(P(C)(=O)O)cn2)C=C(Oc2ccc(S(C)(=O)=O)cc2)C1. The Labute approximate surface area is 198 Å². The molecule has 2 unspecified atom stereocenters. The van der Waals surface area contributed by atoms with Crippen molar-refractivity contribution >= 4 is 34.2 Å². The van der Waals surface area contributed by atoms with Crippen LogP contribution in [0, 0.1) is 0 Å². The van der Waals surface area contributed by atoms with Crippen LogP contribution in [-0.2, 0) is 23.9 Å². The Morgan fingerprint density at radius 3 is 2.41 bits per heavy atom. The number of carbonyl (C=O) groups is 1. The van der Waals surface area contributed by atoms with Gasteiger partial charge < -0.3 is 19.7 Å². The van der Waals surface area contributed by atoms with Gasteiger partial charge in [-0.3, -0.25) is 9.36 Å². The highest BCUT2D eigenvalue weighted by Gasteiger charge is 2.23. The van der Waals surface area contributed by atoms with E-state index < -0.39 is 29.2 Å². The van der Waals surface area contributed by atoms with E-state index >= 15 is 0 Å². The van der Waals surface area contributed by atoms with E-state index in [0.29, 0.717) is 23.5 Å². The van der Waals surface area contributed by atoms with Crippen LogP contribution in [0.5, 0.6) is 5.75 Å². The smallest absolute Gasteiger partial charge is 0.256 e. The maximum absolute atomic E-state index is 12.9. The third kappa shape index (κ3) is 7.11. The topological polar surface area (TPSA) is 132 Å². The minimum atomic E-state index is -3.44. The first-order valence-corrected chi connectivity index (χ1v) is 14.4. The van der Waals surface area contributed by atoms with Crippen molar-refractivity contribution in [3.05, 3.63) is 66.1 Å². The molecule has 1 amide bonds. The Morgan fingerprint density at radius 2 is 1.88 bits per heavy atom. The number of sulfone groups is 1. The number of rotatable bonds is 8. The summed E-state index contributed by atoms with van der Waals surface area (Å²) in [6.45, 7) is 4.98. The Balaban J connectivity index is 1.80. The summed E-state index contributed by atoms with van der Waals surface area (Å²) in [7, 11) is -6.76. The number of pyridine rings is 1. The molecule has 0 fully saturated rings. The average Bonchev–Trinajstić information content (AvgIpc) is 2.72. The number of nitrogens with zero attached hydrogens (tertiary/aromatic N) is 1. The van der Waals surface area contributed by atoms with Gasteiger partial charge in [0.05, 0.1) is 22.4 Å². The number of aromatic nitrogens is 1. The Hall–Kier alpha value is -2.78. The van der Waals surface area contributed by atoms with Crippen molar-refractivity contribution in [3.8, 4) is 5.75 Å². The predicted octanol–water partition coefficient (Wildman–Crippen LogP) is 3.04. The van der Waals surface area contributed by atoms with Crippen LogP contribution in [0.3, 0.4) is 0 Å². The minimum Gasteiger partial charge on any atom is -0.462 e. The largest absolute Gasteiger partial charge is 0.462 e. The molecule has 0 spiro atoms. The lowest BCUT2D eigenvalue weighted by Gasteiger charge is -2.24. The van der Waals surface area contributed by atoms with Crippen LogP contribution in [-0.4, -0.2) is 49.3 Å². The lowest BCUT2D eigenvalue weighted by atomic mass is 10.0. The Kier molecular flexibility index (Phi) is 7.77. The van der Waals surface area contributed by atoms with E-state index in [4.69, 9.17) is 9.47 Å². The van der Waals surface area contributed by atoms with Gasteiger partial charge in [0.1, 0.15) is 17.3 Å². The summed E-state index contributed by atoms with van der Waals surface area (Å²) < 4.78 is 46.8. The predicted molar refractivity (Wildman–Crippen MR) is 129 cm³/mol. The van der Waals surface area contributed by atoms with Crippen molar-refractivity contribution in [2.75, 3.05) is 18.2 Å². The average molecular weight is 507 g/mol. The van der Waals surface area contributed by atoms with E-state index in [0.717, 1.165) is 6.26 Å². The zero-order valence-electron chi connectivity index (χ0n) is 19.3. The number of carbonyl (C=O) groups excluding carboxylic acids is 1. The standard InChI is InChI=1S/C23H27N2O7PS/c1-15(2)31-18-11-16(23(26)25-22-10-7-20(14-24-22)33(3,27)28)12-19(13-18)32-17-5-8-21(9-6-17)34(4,29)30/h5-12,14-15,18H,13H2,1-4H3,(H,27,28)(H,24,25,26). The first-order valence-electron chi connectivity index (χ1n) is 10.5. The van der Waals surface area contributed by atoms with E-state index in [-0.39, 0.29) is 22.1 Å². The van der Waals surface area contributed by atoms with Gasteiger partial charge in [-0.05, 0) is 62.4 Å². The first-order chi connectivity index (χ1) is 15.8. The highest BCUT2D eigenvalue weighted by molar-refractivity contribution is 7.90. The molecule has 0 saturated heterocycles. The van der Waals surface area contributed by atoms with Gasteiger partial charge in [0.15, 0.2) is 9.84 Å². The molecule has 0 bridgehead atoms. The zero-order valence-corrected chi connectivity index (χ0v) is 21.0. The van der Waals surface area contributed by atoms with Crippen molar-refractivity contribution in [2.24, 2.45) is 0 Å². The van der Waals surface area contributed by atoms with Crippen molar-refractivity contribution < 1.29 is 32.1 Å². The first kappa shape index (κ1) is 25.8. The van der Waals surface area contributed by atoms with Crippen molar-refractivity contribution in [2.45, 2.75) is 37.4 Å². The molecule has 1 aliphatic carbocycles. The van der Waals surface area contributed by atoms with Crippen molar-refractivity contribution in [3.63, 3.8) is 0 Å². The van der Waals surface area contributed by atoms with Crippen LogP contribution in [0.25, 0.3) is 0 Å². The Bertz CT molecular complexity index is 1260. The second kappa shape index (κ2) is 10.2. The molecule has 9 nitrogen and oxygen atoms in total. The number of hydrogen-bond donors (Lipinski definition) is 2. The van der Waals surface area contributed by atoms with Gasteiger partial charge in [-0.25, -0.2) is 13.4 Å². The summed E-state index contributed by atoms with van der Waals surface area (Å²) in [5, 5.41) is 2.85. The highest BCUT2D eigenvalue weighted by atomic mass is 32.2.